The molecular weight excluding hydrogens is 370 g/mol. The third-order valence-corrected chi connectivity index (χ3v) is 6.17. The summed E-state index contributed by atoms with van der Waals surface area (Å²) in [4.78, 5) is 15.1. The van der Waals surface area contributed by atoms with Crippen molar-refractivity contribution in [3.05, 3.63) is 63.7 Å². The van der Waals surface area contributed by atoms with Crippen molar-refractivity contribution in [1.29, 1.82) is 5.26 Å². The number of rotatable bonds is 3. The van der Waals surface area contributed by atoms with E-state index in [1.54, 1.807) is 6.08 Å². The highest BCUT2D eigenvalue weighted by molar-refractivity contribution is 6.09. The lowest BCUT2D eigenvalue weighted by Gasteiger charge is -2.45. The number of aryl methyl sites for hydroxylation is 3. The van der Waals surface area contributed by atoms with E-state index < -0.39 is 0 Å². The van der Waals surface area contributed by atoms with E-state index in [9.17, 15) is 10.1 Å². The van der Waals surface area contributed by atoms with E-state index in [4.69, 9.17) is 0 Å². The van der Waals surface area contributed by atoms with Crippen molar-refractivity contribution in [3.8, 4) is 6.07 Å². The molecule has 0 spiro atoms. The topological polar surface area (TPSA) is 56.1 Å². The highest BCUT2D eigenvalue weighted by Gasteiger charge is 2.34. The van der Waals surface area contributed by atoms with E-state index in [-0.39, 0.29) is 17.0 Å². The first-order chi connectivity index (χ1) is 14.0. The highest BCUT2D eigenvalue weighted by Crippen LogP contribution is 2.43. The molecule has 0 saturated carbocycles. The van der Waals surface area contributed by atoms with Gasteiger partial charge in [-0.15, -0.1) is 0 Å². The van der Waals surface area contributed by atoms with Gasteiger partial charge in [0, 0.05) is 24.0 Å². The van der Waals surface area contributed by atoms with Gasteiger partial charge >= 0.3 is 0 Å². The van der Waals surface area contributed by atoms with Crippen molar-refractivity contribution < 1.29 is 4.79 Å². The Morgan fingerprint density at radius 3 is 2.40 bits per heavy atom. The standard InChI is InChI=1S/C26H31N3O/c1-16-8-17(2)10-22(9-16)28-25(30)21(15-27)12-20-13-23-19(4)14-26(5,6)29(7)24(23)11-18(20)3/h8-13,19H,14H2,1-7H3,(H,28,30)/b21-12-/t19-/m0/s1. The fourth-order valence-corrected chi connectivity index (χ4v) is 4.44. The Labute approximate surface area is 180 Å². The SMILES string of the molecule is Cc1cc(C)cc(NC(=O)/C(C#N)=C\c2cc3c(cc2C)N(C)C(C)(C)C[C@@H]3C)c1. The molecule has 2 aromatic carbocycles. The zero-order valence-electron chi connectivity index (χ0n) is 19.1. The van der Waals surface area contributed by atoms with Gasteiger partial charge in [0.2, 0.25) is 0 Å². The van der Waals surface area contributed by atoms with Gasteiger partial charge in [0.05, 0.1) is 0 Å². The third kappa shape index (κ3) is 4.26. The van der Waals surface area contributed by atoms with E-state index in [0.29, 0.717) is 11.6 Å². The molecule has 1 atom stereocenters. The first-order valence-electron chi connectivity index (χ1n) is 10.4. The zero-order chi connectivity index (χ0) is 22.2. The molecule has 1 aliphatic rings. The number of nitrogens with one attached hydrogen (secondary N) is 1. The number of nitrogens with zero attached hydrogens (tertiary/aromatic N) is 2. The van der Waals surface area contributed by atoms with Crippen molar-refractivity contribution in [3.63, 3.8) is 0 Å². The largest absolute Gasteiger partial charge is 0.369 e. The second-order valence-corrected chi connectivity index (χ2v) is 9.24. The normalized spacial score (nSPS) is 17.9. The van der Waals surface area contributed by atoms with Crippen LogP contribution < -0.4 is 10.2 Å². The monoisotopic (exact) mass is 401 g/mol. The Morgan fingerprint density at radius 1 is 1.17 bits per heavy atom. The van der Waals surface area contributed by atoms with Crippen LogP contribution in [-0.4, -0.2) is 18.5 Å². The molecule has 4 heteroatoms. The van der Waals surface area contributed by atoms with E-state index >= 15 is 0 Å². The van der Waals surface area contributed by atoms with Crippen LogP contribution in [0.15, 0.2) is 35.9 Å². The minimum absolute atomic E-state index is 0.0971. The van der Waals surface area contributed by atoms with Crippen LogP contribution in [0.2, 0.25) is 0 Å². The number of anilines is 2. The van der Waals surface area contributed by atoms with Crippen LogP contribution in [0.4, 0.5) is 11.4 Å². The summed E-state index contributed by atoms with van der Waals surface area (Å²) in [6.07, 6.45) is 2.76. The summed E-state index contributed by atoms with van der Waals surface area (Å²) >= 11 is 0. The summed E-state index contributed by atoms with van der Waals surface area (Å²) in [7, 11) is 2.14. The van der Waals surface area contributed by atoms with Crippen LogP contribution >= 0.6 is 0 Å². The quantitative estimate of drug-likeness (QED) is 0.516. The Bertz CT molecular complexity index is 1050. The number of nitriles is 1. The first-order valence-corrected chi connectivity index (χ1v) is 10.4. The van der Waals surface area contributed by atoms with Crippen molar-refractivity contribution in [2.75, 3.05) is 17.3 Å². The van der Waals surface area contributed by atoms with Crippen LogP contribution in [0.25, 0.3) is 6.08 Å². The fraction of sp³-hybridized carbons (Fsp3) is 0.385. The number of carbonyl (C=O) groups is 1. The molecule has 0 aromatic heterocycles. The predicted octanol–water partition coefficient (Wildman–Crippen LogP) is 5.88. The lowest BCUT2D eigenvalue weighted by Crippen LogP contribution is -2.45. The summed E-state index contributed by atoms with van der Waals surface area (Å²) < 4.78 is 0. The Hall–Kier alpha value is -3.06. The highest BCUT2D eigenvalue weighted by atomic mass is 16.1. The second kappa shape index (κ2) is 7.99. The van der Waals surface area contributed by atoms with Crippen LogP contribution in [-0.2, 0) is 4.79 Å². The smallest absolute Gasteiger partial charge is 0.266 e. The molecule has 30 heavy (non-hydrogen) atoms. The molecule has 0 saturated heterocycles. The van der Waals surface area contributed by atoms with Crippen LogP contribution in [0.3, 0.4) is 0 Å². The van der Waals surface area contributed by atoms with E-state index in [1.807, 2.05) is 39.0 Å². The van der Waals surface area contributed by atoms with Gasteiger partial charge in [0.15, 0.2) is 0 Å². The number of carbonyl (C=O) groups excluding carboxylic acids is 1. The van der Waals surface area contributed by atoms with Gasteiger partial charge in [-0.3, -0.25) is 4.79 Å². The number of amides is 1. The molecule has 0 aliphatic carbocycles. The molecule has 1 N–H and O–H groups in total. The molecule has 1 aliphatic heterocycles. The first kappa shape index (κ1) is 21.6. The molecule has 156 valence electrons. The molecule has 0 bridgehead atoms. The van der Waals surface area contributed by atoms with Gasteiger partial charge < -0.3 is 10.2 Å². The number of hydrogen-bond donors (Lipinski definition) is 1. The minimum Gasteiger partial charge on any atom is -0.369 e. The number of hydrogen-bond acceptors (Lipinski definition) is 3. The van der Waals surface area contributed by atoms with E-state index in [0.717, 1.165) is 28.7 Å². The van der Waals surface area contributed by atoms with Gasteiger partial charge in [-0.05, 0) is 105 Å². The zero-order valence-corrected chi connectivity index (χ0v) is 19.1. The van der Waals surface area contributed by atoms with Crippen LogP contribution in [0.1, 0.15) is 60.9 Å². The summed E-state index contributed by atoms with van der Waals surface area (Å²) in [5, 5.41) is 12.5. The van der Waals surface area contributed by atoms with E-state index in [2.05, 4.69) is 56.2 Å². The number of fused-ring (bicyclic) bond motifs is 1. The summed E-state index contributed by atoms with van der Waals surface area (Å²) in [6.45, 7) is 12.8. The van der Waals surface area contributed by atoms with Crippen molar-refractivity contribution in [2.24, 2.45) is 0 Å². The molecule has 3 rings (SSSR count). The van der Waals surface area contributed by atoms with Crippen LogP contribution in [0.5, 0.6) is 0 Å². The van der Waals surface area contributed by atoms with E-state index in [1.165, 1.54) is 11.3 Å². The molecule has 0 fully saturated rings. The lowest BCUT2D eigenvalue weighted by molar-refractivity contribution is -0.112. The minimum atomic E-state index is -0.383. The maximum absolute atomic E-state index is 12.8. The second-order valence-electron chi connectivity index (χ2n) is 9.24. The third-order valence-electron chi connectivity index (χ3n) is 6.17. The molecule has 2 aromatic rings. The Kier molecular flexibility index (Phi) is 5.76. The summed E-state index contributed by atoms with van der Waals surface area (Å²) in [6, 6.07) is 12.3. The van der Waals surface area contributed by atoms with Gasteiger partial charge in [-0.1, -0.05) is 13.0 Å². The summed E-state index contributed by atoms with van der Waals surface area (Å²) in [5.74, 6) is 0.0273. The van der Waals surface area contributed by atoms with Gasteiger partial charge in [0.1, 0.15) is 11.6 Å². The molecule has 4 nitrogen and oxygen atoms in total. The molecule has 0 unspecified atom stereocenters. The van der Waals surface area contributed by atoms with Gasteiger partial charge in [-0.2, -0.15) is 5.26 Å². The number of benzene rings is 2. The van der Waals surface area contributed by atoms with Gasteiger partial charge in [0.25, 0.3) is 5.91 Å². The van der Waals surface area contributed by atoms with Crippen molar-refractivity contribution >= 4 is 23.4 Å². The molecule has 1 heterocycles. The summed E-state index contributed by atoms with van der Waals surface area (Å²) in [5.41, 5.74) is 7.51. The Morgan fingerprint density at radius 2 is 1.80 bits per heavy atom. The average Bonchev–Trinajstić information content (AvgIpc) is 2.63. The average molecular weight is 402 g/mol. The molecular formula is C26H31N3O. The van der Waals surface area contributed by atoms with Crippen molar-refractivity contribution in [1.82, 2.24) is 0 Å². The molecule has 0 radical (unpaired) electrons. The van der Waals surface area contributed by atoms with Crippen LogP contribution in [0, 0.1) is 32.1 Å². The van der Waals surface area contributed by atoms with Gasteiger partial charge in [-0.25, -0.2) is 0 Å². The molecule has 1 amide bonds. The predicted molar refractivity (Wildman–Crippen MR) is 125 cm³/mol. The maximum atomic E-state index is 12.8. The lowest BCUT2D eigenvalue weighted by atomic mass is 9.79. The maximum Gasteiger partial charge on any atom is 0.266 e. The van der Waals surface area contributed by atoms with Crippen molar-refractivity contribution in [2.45, 2.75) is 59.4 Å². The Balaban J connectivity index is 1.95. The fourth-order valence-electron chi connectivity index (χ4n) is 4.44.